The summed E-state index contributed by atoms with van der Waals surface area (Å²) in [6.07, 6.45) is -0.211. The zero-order valence-electron chi connectivity index (χ0n) is 16.3. The molecule has 2 rings (SSSR count). The highest BCUT2D eigenvalue weighted by atomic mass is 32.1. The minimum atomic E-state index is -0.901. The van der Waals surface area contributed by atoms with Crippen LogP contribution in [0.5, 0.6) is 5.75 Å². The van der Waals surface area contributed by atoms with Crippen LogP contribution < -0.4 is 10.1 Å². The predicted octanol–water partition coefficient (Wildman–Crippen LogP) is 3.32. The number of nitrogens with one attached hydrogen (secondary N) is 1. The third kappa shape index (κ3) is 6.81. The lowest BCUT2D eigenvalue weighted by atomic mass is 10.1. The maximum Gasteiger partial charge on any atom is 0.307 e. The highest BCUT2D eigenvalue weighted by Crippen LogP contribution is 2.17. The number of amides is 1. The van der Waals surface area contributed by atoms with Crippen molar-refractivity contribution in [2.24, 2.45) is 0 Å². The van der Waals surface area contributed by atoms with Crippen LogP contribution in [-0.4, -0.2) is 37.4 Å². The molecule has 7 heteroatoms. The molecule has 0 fully saturated rings. The van der Waals surface area contributed by atoms with E-state index in [0.29, 0.717) is 17.8 Å². The number of hydrogen-bond acceptors (Lipinski definition) is 6. The smallest absolute Gasteiger partial charge is 0.307 e. The molecule has 1 heterocycles. The van der Waals surface area contributed by atoms with Crippen molar-refractivity contribution in [3.05, 3.63) is 51.7 Å². The van der Waals surface area contributed by atoms with Crippen LogP contribution in [0.3, 0.4) is 0 Å². The maximum absolute atomic E-state index is 12.1. The summed E-state index contributed by atoms with van der Waals surface area (Å²) in [5.41, 5.74) is 1.06. The molecule has 2 aromatic rings. The lowest BCUT2D eigenvalue weighted by Gasteiger charge is -2.13. The number of benzene rings is 1. The van der Waals surface area contributed by atoms with E-state index in [1.54, 1.807) is 13.2 Å². The van der Waals surface area contributed by atoms with Crippen LogP contribution in [0.25, 0.3) is 0 Å². The average molecular weight is 404 g/mol. The zero-order chi connectivity index (χ0) is 20.5. The van der Waals surface area contributed by atoms with E-state index in [9.17, 15) is 14.4 Å². The second-order valence-electron chi connectivity index (χ2n) is 6.35. The van der Waals surface area contributed by atoms with Gasteiger partial charge in [-0.3, -0.25) is 14.4 Å². The van der Waals surface area contributed by atoms with Crippen molar-refractivity contribution in [1.82, 2.24) is 5.32 Å². The first-order chi connectivity index (χ1) is 13.4. The van der Waals surface area contributed by atoms with Gasteiger partial charge in [-0.2, -0.15) is 0 Å². The van der Waals surface area contributed by atoms with Crippen molar-refractivity contribution in [3.63, 3.8) is 0 Å². The molecule has 1 N–H and O–H groups in total. The molecule has 28 heavy (non-hydrogen) atoms. The van der Waals surface area contributed by atoms with Gasteiger partial charge in [-0.25, -0.2) is 0 Å². The van der Waals surface area contributed by atoms with Crippen molar-refractivity contribution in [2.75, 3.05) is 13.7 Å². The molecular formula is C21H25NO5S. The molecule has 0 aliphatic rings. The predicted molar refractivity (Wildman–Crippen MR) is 108 cm³/mol. The van der Waals surface area contributed by atoms with Crippen LogP contribution in [-0.2, 0) is 20.7 Å². The largest absolute Gasteiger partial charge is 0.497 e. The summed E-state index contributed by atoms with van der Waals surface area (Å²) in [5, 5.41) is 2.75. The fourth-order valence-corrected chi connectivity index (χ4v) is 3.33. The van der Waals surface area contributed by atoms with Crippen molar-refractivity contribution in [1.29, 1.82) is 0 Å². The van der Waals surface area contributed by atoms with E-state index in [2.05, 4.69) is 5.32 Å². The zero-order valence-corrected chi connectivity index (χ0v) is 17.1. The number of aryl methyl sites for hydroxylation is 1. The summed E-state index contributed by atoms with van der Waals surface area (Å²) in [4.78, 5) is 37.6. The van der Waals surface area contributed by atoms with E-state index in [1.807, 2.05) is 37.3 Å². The van der Waals surface area contributed by atoms with Gasteiger partial charge in [0.2, 0.25) is 0 Å². The topological polar surface area (TPSA) is 81.7 Å². The van der Waals surface area contributed by atoms with E-state index >= 15 is 0 Å². The number of ether oxygens (including phenoxy) is 2. The van der Waals surface area contributed by atoms with E-state index in [4.69, 9.17) is 9.47 Å². The molecule has 150 valence electrons. The standard InChI is InChI=1S/C21H25NO5S/c1-14-4-10-19(28-14)18(23)9-11-20(24)27-15(2)21(25)22-13-12-16-5-7-17(26-3)8-6-16/h4-8,10,15H,9,11-13H2,1-3H3,(H,22,25)/t15-/m1/s1. The molecule has 1 atom stereocenters. The van der Waals surface area contributed by atoms with Gasteiger partial charge >= 0.3 is 5.97 Å². The first-order valence-electron chi connectivity index (χ1n) is 9.09. The van der Waals surface area contributed by atoms with E-state index in [-0.39, 0.29) is 24.5 Å². The highest BCUT2D eigenvalue weighted by Gasteiger charge is 2.18. The number of Topliss-reactive ketones (excluding diaryl/α,β-unsaturated/α-hetero) is 1. The minimum Gasteiger partial charge on any atom is -0.497 e. The van der Waals surface area contributed by atoms with E-state index < -0.39 is 12.1 Å². The van der Waals surface area contributed by atoms with Gasteiger partial charge in [0.1, 0.15) is 5.75 Å². The Hall–Kier alpha value is -2.67. The Morgan fingerprint density at radius 1 is 1.07 bits per heavy atom. The van der Waals surface area contributed by atoms with E-state index in [0.717, 1.165) is 16.2 Å². The number of hydrogen-bond donors (Lipinski definition) is 1. The summed E-state index contributed by atoms with van der Waals surface area (Å²) < 4.78 is 10.2. The molecular weight excluding hydrogens is 378 g/mol. The lowest BCUT2D eigenvalue weighted by Crippen LogP contribution is -2.36. The van der Waals surface area contributed by atoms with Crippen LogP contribution in [0.2, 0.25) is 0 Å². The third-order valence-electron chi connectivity index (χ3n) is 4.12. The minimum absolute atomic E-state index is 0.0424. The molecule has 6 nitrogen and oxygen atoms in total. The van der Waals surface area contributed by atoms with Crippen molar-refractivity contribution in [3.8, 4) is 5.75 Å². The normalized spacial score (nSPS) is 11.5. The van der Waals surface area contributed by atoms with Crippen LogP contribution in [0.1, 0.15) is 39.9 Å². The third-order valence-corrected chi connectivity index (χ3v) is 5.16. The summed E-state index contributed by atoms with van der Waals surface area (Å²) in [6.45, 7) is 3.87. The Labute approximate surface area is 168 Å². The summed E-state index contributed by atoms with van der Waals surface area (Å²) >= 11 is 1.40. The second-order valence-corrected chi connectivity index (χ2v) is 7.64. The molecule has 0 saturated heterocycles. The fraction of sp³-hybridized carbons (Fsp3) is 0.381. The summed E-state index contributed by atoms with van der Waals surface area (Å²) in [7, 11) is 1.61. The SMILES string of the molecule is COc1ccc(CCNC(=O)[C@@H](C)OC(=O)CCC(=O)c2ccc(C)s2)cc1. The van der Waals surface area contributed by atoms with Gasteiger partial charge < -0.3 is 14.8 Å². The first kappa shape index (κ1) is 21.6. The number of carbonyl (C=O) groups excluding carboxylic acids is 3. The number of rotatable bonds is 10. The van der Waals surface area contributed by atoms with Crippen molar-refractivity contribution < 1.29 is 23.9 Å². The number of methoxy groups -OCH3 is 1. The molecule has 1 amide bonds. The van der Waals surface area contributed by atoms with Gasteiger partial charge in [-0.15, -0.1) is 11.3 Å². The van der Waals surface area contributed by atoms with Gasteiger partial charge in [0, 0.05) is 17.8 Å². The summed E-state index contributed by atoms with van der Waals surface area (Å²) in [5.74, 6) is -0.228. The molecule has 0 aliphatic carbocycles. The average Bonchev–Trinajstić information content (AvgIpc) is 3.13. The Morgan fingerprint density at radius 2 is 1.79 bits per heavy atom. The molecule has 0 radical (unpaired) electrons. The quantitative estimate of drug-likeness (QED) is 0.486. The van der Waals surface area contributed by atoms with Gasteiger partial charge in [0.05, 0.1) is 18.4 Å². The lowest BCUT2D eigenvalue weighted by molar-refractivity contribution is -0.154. The highest BCUT2D eigenvalue weighted by molar-refractivity contribution is 7.14. The number of carbonyl (C=O) groups is 3. The Bertz CT molecular complexity index is 812. The Morgan fingerprint density at radius 3 is 2.39 bits per heavy atom. The maximum atomic E-state index is 12.1. The van der Waals surface area contributed by atoms with Crippen LogP contribution in [0, 0.1) is 6.92 Å². The Balaban J connectivity index is 1.67. The van der Waals surface area contributed by atoms with Gasteiger partial charge in [-0.1, -0.05) is 12.1 Å². The number of ketones is 1. The first-order valence-corrected chi connectivity index (χ1v) is 9.90. The van der Waals surface area contributed by atoms with Crippen LogP contribution in [0.4, 0.5) is 0 Å². The van der Waals surface area contributed by atoms with Gasteiger partial charge in [-0.05, 0) is 50.1 Å². The van der Waals surface area contributed by atoms with Crippen molar-refractivity contribution >= 4 is 29.0 Å². The molecule has 0 unspecified atom stereocenters. The van der Waals surface area contributed by atoms with Gasteiger partial charge in [0.15, 0.2) is 11.9 Å². The molecule has 0 aliphatic heterocycles. The molecule has 0 bridgehead atoms. The number of thiophene rings is 1. The van der Waals surface area contributed by atoms with Crippen LogP contribution in [0.15, 0.2) is 36.4 Å². The molecule has 0 spiro atoms. The number of esters is 1. The molecule has 1 aromatic carbocycles. The fourth-order valence-electron chi connectivity index (χ4n) is 2.50. The van der Waals surface area contributed by atoms with Crippen LogP contribution >= 0.6 is 11.3 Å². The Kier molecular flexibility index (Phi) is 8.19. The second kappa shape index (κ2) is 10.6. The molecule has 1 aromatic heterocycles. The van der Waals surface area contributed by atoms with Crippen molar-refractivity contribution in [2.45, 2.75) is 39.2 Å². The molecule has 0 saturated carbocycles. The monoisotopic (exact) mass is 403 g/mol. The van der Waals surface area contributed by atoms with E-state index in [1.165, 1.54) is 18.3 Å². The summed E-state index contributed by atoms with van der Waals surface area (Å²) in [6, 6.07) is 11.2. The van der Waals surface area contributed by atoms with Gasteiger partial charge in [0.25, 0.3) is 5.91 Å².